The predicted molar refractivity (Wildman–Crippen MR) is 107 cm³/mol. The van der Waals surface area contributed by atoms with Gasteiger partial charge in [0.05, 0.1) is 11.3 Å². The molecule has 0 unspecified atom stereocenters. The molecule has 2 aliphatic rings. The van der Waals surface area contributed by atoms with Crippen molar-refractivity contribution in [2.24, 2.45) is 5.92 Å². The van der Waals surface area contributed by atoms with Gasteiger partial charge >= 0.3 is 0 Å². The highest BCUT2D eigenvalue weighted by molar-refractivity contribution is 6.20. The van der Waals surface area contributed by atoms with Gasteiger partial charge < -0.3 is 19.7 Å². The molecular weight excluding hydrogens is 340 g/mol. The maximum Gasteiger partial charge on any atom is 0.256 e. The Balaban J connectivity index is 1.67. The minimum absolute atomic E-state index is 0.0112. The lowest BCUT2D eigenvalue weighted by Gasteiger charge is -2.41. The van der Waals surface area contributed by atoms with E-state index in [9.17, 15) is 9.59 Å². The number of carbonyl (C=O) groups is 2. The summed E-state index contributed by atoms with van der Waals surface area (Å²) in [5.41, 5.74) is 1.71. The molecule has 6 nitrogen and oxygen atoms in total. The van der Waals surface area contributed by atoms with E-state index in [-0.39, 0.29) is 5.91 Å². The number of piperidine rings is 2. The Labute approximate surface area is 162 Å². The zero-order chi connectivity index (χ0) is 19.4. The minimum Gasteiger partial charge on any atom is -0.383 e. The van der Waals surface area contributed by atoms with Gasteiger partial charge in [-0.05, 0) is 50.8 Å². The van der Waals surface area contributed by atoms with Crippen LogP contribution in [0.15, 0.2) is 18.5 Å². The summed E-state index contributed by atoms with van der Waals surface area (Å²) in [6.07, 6.45) is 8.94. The quantitative estimate of drug-likeness (QED) is 0.637. The maximum absolute atomic E-state index is 13.2. The molecule has 0 spiro atoms. The smallest absolute Gasteiger partial charge is 0.256 e. The second kappa shape index (κ2) is 8.74. The van der Waals surface area contributed by atoms with Gasteiger partial charge in [-0.3, -0.25) is 9.59 Å². The van der Waals surface area contributed by atoms with E-state index in [1.54, 1.807) is 12.3 Å². The molecule has 0 aromatic carbocycles. The van der Waals surface area contributed by atoms with Crippen LogP contribution in [0.2, 0.25) is 0 Å². The Morgan fingerprint density at radius 2 is 1.81 bits per heavy atom. The third kappa shape index (κ3) is 4.61. The number of hydrogen-bond acceptors (Lipinski definition) is 4. The highest BCUT2D eigenvalue weighted by Gasteiger charge is 2.30. The number of rotatable bonds is 5. The number of aromatic amines is 1. The Hall–Kier alpha value is -2.08. The number of hydrogen-bond donors (Lipinski definition) is 1. The van der Waals surface area contributed by atoms with Crippen molar-refractivity contribution in [2.75, 3.05) is 40.3 Å². The number of likely N-dealkylation sites (tertiary alicyclic amines) is 2. The Kier molecular flexibility index (Phi) is 6.37. The van der Waals surface area contributed by atoms with E-state index in [0.717, 1.165) is 38.1 Å². The lowest BCUT2D eigenvalue weighted by molar-refractivity contribution is -0.126. The van der Waals surface area contributed by atoms with Crippen molar-refractivity contribution in [3.63, 3.8) is 0 Å². The molecule has 0 bridgehead atoms. The van der Waals surface area contributed by atoms with E-state index in [2.05, 4.69) is 16.8 Å². The number of nitrogens with one attached hydrogen (secondary N) is 1. The van der Waals surface area contributed by atoms with Gasteiger partial charge in [0, 0.05) is 51.2 Å². The van der Waals surface area contributed by atoms with Crippen molar-refractivity contribution in [3.8, 4) is 0 Å². The molecule has 2 fully saturated rings. The molecule has 6 heteroatoms. The van der Waals surface area contributed by atoms with Crippen LogP contribution in [0, 0.1) is 5.92 Å². The normalized spacial score (nSPS) is 20.7. The van der Waals surface area contributed by atoms with Gasteiger partial charge in [-0.25, -0.2) is 0 Å². The summed E-state index contributed by atoms with van der Waals surface area (Å²) in [6, 6.07) is 2.40. The van der Waals surface area contributed by atoms with E-state index in [1.165, 1.54) is 25.9 Å². The minimum atomic E-state index is 0.0112. The van der Waals surface area contributed by atoms with Gasteiger partial charge in [0.1, 0.15) is 0 Å². The Bertz CT molecular complexity index is 678. The second-order valence-corrected chi connectivity index (χ2v) is 8.17. The first kappa shape index (κ1) is 19.7. The standard InChI is InChI=1S/C21H32N4O2/c1-16-5-10-24(11-6-16)17-7-12-25(13-8-17)21(27)19(14-23(2)3)18-4-9-22-20(18)15-26/h4,9,14-17,22H,5-8,10-13H2,1-3H3/b19-14+. The van der Waals surface area contributed by atoms with Crippen molar-refractivity contribution in [3.05, 3.63) is 29.7 Å². The van der Waals surface area contributed by atoms with Gasteiger partial charge in [0.25, 0.3) is 5.91 Å². The molecule has 148 valence electrons. The first-order valence-electron chi connectivity index (χ1n) is 10.0. The molecule has 0 aliphatic carbocycles. The molecule has 0 radical (unpaired) electrons. The zero-order valence-corrected chi connectivity index (χ0v) is 16.8. The fraction of sp³-hybridized carbons (Fsp3) is 0.619. The molecule has 0 atom stereocenters. The molecule has 1 N–H and O–H groups in total. The van der Waals surface area contributed by atoms with Gasteiger partial charge in [-0.1, -0.05) is 6.92 Å². The largest absolute Gasteiger partial charge is 0.383 e. The number of nitrogens with zero attached hydrogens (tertiary/aromatic N) is 3. The third-order valence-corrected chi connectivity index (χ3v) is 5.89. The van der Waals surface area contributed by atoms with E-state index in [1.807, 2.05) is 30.1 Å². The number of carbonyl (C=O) groups excluding carboxylic acids is 2. The van der Waals surface area contributed by atoms with Crippen molar-refractivity contribution in [1.82, 2.24) is 19.7 Å². The van der Waals surface area contributed by atoms with E-state index >= 15 is 0 Å². The van der Waals surface area contributed by atoms with E-state index in [4.69, 9.17) is 0 Å². The van der Waals surface area contributed by atoms with Crippen LogP contribution < -0.4 is 0 Å². The Morgan fingerprint density at radius 3 is 2.41 bits per heavy atom. The lowest BCUT2D eigenvalue weighted by atomic mass is 9.94. The van der Waals surface area contributed by atoms with Crippen LogP contribution >= 0.6 is 0 Å². The van der Waals surface area contributed by atoms with Crippen molar-refractivity contribution in [2.45, 2.75) is 38.6 Å². The maximum atomic E-state index is 13.2. The van der Waals surface area contributed by atoms with Crippen molar-refractivity contribution < 1.29 is 9.59 Å². The summed E-state index contributed by atoms with van der Waals surface area (Å²) < 4.78 is 0. The molecule has 0 saturated carbocycles. The highest BCUT2D eigenvalue weighted by Crippen LogP contribution is 2.26. The number of H-pyrrole nitrogens is 1. The predicted octanol–water partition coefficient (Wildman–Crippen LogP) is 2.45. The van der Waals surface area contributed by atoms with Crippen LogP contribution in [0.1, 0.15) is 48.7 Å². The number of amides is 1. The monoisotopic (exact) mass is 372 g/mol. The number of aromatic nitrogens is 1. The summed E-state index contributed by atoms with van der Waals surface area (Å²) in [6.45, 7) is 6.28. The summed E-state index contributed by atoms with van der Waals surface area (Å²) >= 11 is 0. The molecule has 1 amide bonds. The molecule has 2 aliphatic heterocycles. The fourth-order valence-electron chi connectivity index (χ4n) is 4.21. The Morgan fingerprint density at radius 1 is 1.15 bits per heavy atom. The topological polar surface area (TPSA) is 59.6 Å². The highest BCUT2D eigenvalue weighted by atomic mass is 16.2. The molecule has 27 heavy (non-hydrogen) atoms. The molecule has 3 heterocycles. The second-order valence-electron chi connectivity index (χ2n) is 8.17. The van der Waals surface area contributed by atoms with Gasteiger partial charge in [-0.2, -0.15) is 0 Å². The third-order valence-electron chi connectivity index (χ3n) is 5.89. The average molecular weight is 373 g/mol. The summed E-state index contributed by atoms with van der Waals surface area (Å²) in [7, 11) is 3.79. The molecular formula is C21H32N4O2. The molecule has 1 aromatic rings. The van der Waals surface area contributed by atoms with Crippen molar-refractivity contribution >= 4 is 17.8 Å². The van der Waals surface area contributed by atoms with Crippen LogP contribution in [0.3, 0.4) is 0 Å². The van der Waals surface area contributed by atoms with Crippen molar-refractivity contribution in [1.29, 1.82) is 0 Å². The fourth-order valence-corrected chi connectivity index (χ4v) is 4.21. The summed E-state index contributed by atoms with van der Waals surface area (Å²) in [4.78, 5) is 33.9. The summed E-state index contributed by atoms with van der Waals surface area (Å²) in [5, 5.41) is 0. The summed E-state index contributed by atoms with van der Waals surface area (Å²) in [5.74, 6) is 0.854. The van der Waals surface area contributed by atoms with Gasteiger partial charge in [0.15, 0.2) is 6.29 Å². The van der Waals surface area contributed by atoms with E-state index in [0.29, 0.717) is 22.9 Å². The molecule has 1 aromatic heterocycles. The molecule has 2 saturated heterocycles. The van der Waals surface area contributed by atoms with Crippen LogP contribution in [-0.4, -0.2) is 78.2 Å². The van der Waals surface area contributed by atoms with Crippen LogP contribution in [0.4, 0.5) is 0 Å². The molecule has 3 rings (SSSR count). The van der Waals surface area contributed by atoms with Gasteiger partial charge in [0.2, 0.25) is 0 Å². The zero-order valence-electron chi connectivity index (χ0n) is 16.8. The van der Waals surface area contributed by atoms with Crippen LogP contribution in [0.5, 0.6) is 0 Å². The first-order valence-corrected chi connectivity index (χ1v) is 10.0. The lowest BCUT2D eigenvalue weighted by Crippen LogP contribution is -2.49. The first-order chi connectivity index (χ1) is 13.0. The van der Waals surface area contributed by atoms with Crippen LogP contribution in [0.25, 0.3) is 5.57 Å². The van der Waals surface area contributed by atoms with Gasteiger partial charge in [-0.15, -0.1) is 0 Å². The average Bonchev–Trinajstić information content (AvgIpc) is 3.15. The van der Waals surface area contributed by atoms with Crippen LogP contribution in [-0.2, 0) is 4.79 Å². The van der Waals surface area contributed by atoms with E-state index < -0.39 is 0 Å². The number of aldehydes is 1. The SMILES string of the molecule is CC1CCN(C2CCN(C(=O)/C(=C/N(C)C)c3cc[nH]c3C=O)CC2)CC1.